The van der Waals surface area contributed by atoms with E-state index >= 15 is 0 Å². The second-order valence-electron chi connectivity index (χ2n) is 6.73. The van der Waals surface area contributed by atoms with Gasteiger partial charge < -0.3 is 19.0 Å². The molecule has 0 radical (unpaired) electrons. The zero-order valence-electron chi connectivity index (χ0n) is 16.3. The van der Waals surface area contributed by atoms with Gasteiger partial charge in [-0.2, -0.15) is 10.2 Å². The van der Waals surface area contributed by atoms with Crippen molar-refractivity contribution in [3.63, 3.8) is 0 Å². The van der Waals surface area contributed by atoms with E-state index < -0.39 is 0 Å². The van der Waals surface area contributed by atoms with Crippen LogP contribution in [0.3, 0.4) is 0 Å². The summed E-state index contributed by atoms with van der Waals surface area (Å²) in [5, 5.41) is 9.48. The van der Waals surface area contributed by atoms with E-state index in [-0.39, 0.29) is 0 Å². The summed E-state index contributed by atoms with van der Waals surface area (Å²) < 4.78 is 11.1. The highest BCUT2D eigenvalue weighted by Crippen LogP contribution is 2.26. The van der Waals surface area contributed by atoms with Crippen LogP contribution >= 0.6 is 0 Å². The molecule has 1 aliphatic rings. The van der Waals surface area contributed by atoms with Gasteiger partial charge in [-0.05, 0) is 35.9 Å². The average molecular weight is 386 g/mol. The van der Waals surface area contributed by atoms with Gasteiger partial charge in [0.1, 0.15) is 11.8 Å². The SMILES string of the molecule is COc1ccc(N2CCN(c3oc(/C=C/c4ccccc4)nc3C#N)CC2)cc1. The zero-order chi connectivity index (χ0) is 20.1. The first-order valence-electron chi connectivity index (χ1n) is 9.55. The van der Waals surface area contributed by atoms with E-state index in [1.807, 2.05) is 48.5 Å². The van der Waals surface area contributed by atoms with Crippen LogP contribution in [0.25, 0.3) is 12.2 Å². The smallest absolute Gasteiger partial charge is 0.235 e. The molecule has 6 nitrogen and oxygen atoms in total. The summed E-state index contributed by atoms with van der Waals surface area (Å²) in [6.45, 7) is 3.20. The Hall–Kier alpha value is -3.72. The molecule has 1 aromatic heterocycles. The van der Waals surface area contributed by atoms with E-state index in [2.05, 4.69) is 33.0 Å². The molecule has 0 amide bonds. The maximum atomic E-state index is 9.48. The van der Waals surface area contributed by atoms with Gasteiger partial charge in [0.15, 0.2) is 0 Å². The topological polar surface area (TPSA) is 65.5 Å². The Labute approximate surface area is 170 Å². The van der Waals surface area contributed by atoms with Crippen molar-refractivity contribution in [2.24, 2.45) is 0 Å². The summed E-state index contributed by atoms with van der Waals surface area (Å²) >= 11 is 0. The summed E-state index contributed by atoms with van der Waals surface area (Å²) in [5.74, 6) is 1.84. The van der Waals surface area contributed by atoms with Crippen molar-refractivity contribution in [1.82, 2.24) is 4.98 Å². The number of nitriles is 1. The molecular formula is C23H22N4O2. The van der Waals surface area contributed by atoms with Gasteiger partial charge >= 0.3 is 0 Å². The highest BCUT2D eigenvalue weighted by Gasteiger charge is 2.24. The number of ether oxygens (including phenoxy) is 1. The maximum absolute atomic E-state index is 9.48. The van der Waals surface area contributed by atoms with Crippen molar-refractivity contribution in [3.8, 4) is 11.8 Å². The van der Waals surface area contributed by atoms with Crippen LogP contribution in [0.15, 0.2) is 59.0 Å². The maximum Gasteiger partial charge on any atom is 0.235 e. The van der Waals surface area contributed by atoms with Gasteiger partial charge in [0.2, 0.25) is 17.5 Å². The van der Waals surface area contributed by atoms with Crippen molar-refractivity contribution in [3.05, 3.63) is 71.7 Å². The fourth-order valence-corrected chi connectivity index (χ4v) is 3.38. The molecule has 2 heterocycles. The monoisotopic (exact) mass is 386 g/mol. The molecule has 0 atom stereocenters. The lowest BCUT2D eigenvalue weighted by Gasteiger charge is -2.35. The third kappa shape index (κ3) is 4.25. The number of aromatic nitrogens is 1. The Kier molecular flexibility index (Phi) is 5.48. The van der Waals surface area contributed by atoms with Crippen LogP contribution in [-0.2, 0) is 0 Å². The first-order chi connectivity index (χ1) is 14.3. The number of hydrogen-bond donors (Lipinski definition) is 0. The van der Waals surface area contributed by atoms with Gasteiger partial charge in [0.05, 0.1) is 7.11 Å². The number of benzene rings is 2. The van der Waals surface area contributed by atoms with E-state index in [1.54, 1.807) is 13.2 Å². The molecule has 6 heteroatoms. The van der Waals surface area contributed by atoms with Crippen molar-refractivity contribution in [2.75, 3.05) is 43.1 Å². The van der Waals surface area contributed by atoms with E-state index in [0.29, 0.717) is 17.5 Å². The van der Waals surface area contributed by atoms with Crippen LogP contribution in [0.2, 0.25) is 0 Å². The van der Waals surface area contributed by atoms with Crippen LogP contribution < -0.4 is 14.5 Å². The molecule has 1 aliphatic heterocycles. The molecule has 146 valence electrons. The predicted octanol–water partition coefficient (Wildman–Crippen LogP) is 4.05. The molecule has 0 saturated carbocycles. The second kappa shape index (κ2) is 8.53. The van der Waals surface area contributed by atoms with Crippen molar-refractivity contribution in [2.45, 2.75) is 0 Å². The summed E-state index contributed by atoms with van der Waals surface area (Å²) in [5.41, 5.74) is 2.55. The Morgan fingerprint density at radius 3 is 2.31 bits per heavy atom. The molecule has 0 aliphatic carbocycles. The molecule has 2 aromatic carbocycles. The van der Waals surface area contributed by atoms with Gasteiger partial charge in [0.25, 0.3) is 0 Å². The van der Waals surface area contributed by atoms with E-state index in [0.717, 1.165) is 43.2 Å². The Morgan fingerprint density at radius 2 is 1.66 bits per heavy atom. The molecule has 1 saturated heterocycles. The first-order valence-corrected chi connectivity index (χ1v) is 9.55. The summed E-state index contributed by atoms with van der Waals surface area (Å²) in [6.07, 6.45) is 3.73. The van der Waals surface area contributed by atoms with Crippen molar-refractivity contribution < 1.29 is 9.15 Å². The largest absolute Gasteiger partial charge is 0.497 e. The molecule has 4 rings (SSSR count). The van der Waals surface area contributed by atoms with Crippen LogP contribution in [0.1, 0.15) is 17.1 Å². The molecule has 0 spiro atoms. The lowest BCUT2D eigenvalue weighted by atomic mass is 10.2. The summed E-state index contributed by atoms with van der Waals surface area (Å²) in [6, 6.07) is 20.2. The van der Waals surface area contributed by atoms with Gasteiger partial charge in [-0.15, -0.1) is 0 Å². The fourth-order valence-electron chi connectivity index (χ4n) is 3.38. The minimum absolute atomic E-state index is 0.329. The number of anilines is 2. The quantitative estimate of drug-likeness (QED) is 0.659. The zero-order valence-corrected chi connectivity index (χ0v) is 16.3. The molecular weight excluding hydrogens is 364 g/mol. The van der Waals surface area contributed by atoms with Gasteiger partial charge in [-0.25, -0.2) is 0 Å². The highest BCUT2D eigenvalue weighted by atomic mass is 16.5. The van der Waals surface area contributed by atoms with Crippen LogP contribution in [-0.4, -0.2) is 38.3 Å². The summed E-state index contributed by atoms with van der Waals surface area (Å²) in [4.78, 5) is 8.73. The number of rotatable bonds is 5. The third-order valence-electron chi connectivity index (χ3n) is 4.95. The summed E-state index contributed by atoms with van der Waals surface area (Å²) in [7, 11) is 1.67. The number of piperazine rings is 1. The Balaban J connectivity index is 1.44. The number of hydrogen-bond acceptors (Lipinski definition) is 6. The van der Waals surface area contributed by atoms with Crippen LogP contribution in [0.4, 0.5) is 11.6 Å². The van der Waals surface area contributed by atoms with E-state index in [9.17, 15) is 5.26 Å². The Bertz CT molecular complexity index is 1010. The van der Waals surface area contributed by atoms with Gasteiger partial charge in [-0.3, -0.25) is 0 Å². The molecule has 29 heavy (non-hydrogen) atoms. The molecule has 0 unspecified atom stereocenters. The molecule has 3 aromatic rings. The minimum atomic E-state index is 0.329. The van der Waals surface area contributed by atoms with Gasteiger partial charge in [0, 0.05) is 37.9 Å². The van der Waals surface area contributed by atoms with Crippen molar-refractivity contribution >= 4 is 23.7 Å². The van der Waals surface area contributed by atoms with Crippen molar-refractivity contribution in [1.29, 1.82) is 5.26 Å². The number of nitrogens with zero attached hydrogens (tertiary/aromatic N) is 4. The second-order valence-corrected chi connectivity index (χ2v) is 6.73. The standard InChI is InChI=1S/C23H22N4O2/c1-28-20-10-8-19(9-11-20)26-13-15-27(16-14-26)23-21(17-24)25-22(29-23)12-7-18-5-3-2-4-6-18/h2-12H,13-16H2,1H3/b12-7+. The lowest BCUT2D eigenvalue weighted by molar-refractivity contribution is 0.415. The molecule has 0 N–H and O–H groups in total. The van der Waals surface area contributed by atoms with E-state index in [1.165, 1.54) is 0 Å². The van der Waals surface area contributed by atoms with Gasteiger partial charge in [-0.1, -0.05) is 30.3 Å². The molecule has 0 bridgehead atoms. The fraction of sp³-hybridized carbons (Fsp3) is 0.217. The minimum Gasteiger partial charge on any atom is -0.497 e. The number of oxazole rings is 1. The predicted molar refractivity (Wildman–Crippen MR) is 114 cm³/mol. The molecule has 1 fully saturated rings. The van der Waals surface area contributed by atoms with E-state index in [4.69, 9.17) is 9.15 Å². The average Bonchev–Trinajstić information content (AvgIpc) is 3.22. The van der Waals surface area contributed by atoms with Crippen LogP contribution in [0, 0.1) is 11.3 Å². The van der Waals surface area contributed by atoms with Crippen LogP contribution in [0.5, 0.6) is 5.75 Å². The lowest BCUT2D eigenvalue weighted by Crippen LogP contribution is -2.46. The first kappa shape index (κ1) is 18.6. The Morgan fingerprint density at radius 1 is 0.966 bits per heavy atom. The highest BCUT2D eigenvalue weighted by molar-refractivity contribution is 5.67. The normalized spacial score (nSPS) is 14.2. The third-order valence-corrected chi connectivity index (χ3v) is 4.95. The number of methoxy groups -OCH3 is 1.